The molecule has 25 heavy (non-hydrogen) atoms. The summed E-state index contributed by atoms with van der Waals surface area (Å²) in [5.74, 6) is -0.376. The van der Waals surface area contributed by atoms with Gasteiger partial charge in [-0.2, -0.15) is 4.99 Å². The van der Waals surface area contributed by atoms with E-state index in [1.165, 1.54) is 11.3 Å². The molecule has 1 amide bonds. The lowest BCUT2D eigenvalue weighted by Gasteiger charge is -2.04. The highest BCUT2D eigenvalue weighted by atomic mass is 35.5. The summed E-state index contributed by atoms with van der Waals surface area (Å²) in [6.45, 7) is 3.18. The van der Waals surface area contributed by atoms with Gasteiger partial charge in [0, 0.05) is 29.3 Å². The van der Waals surface area contributed by atoms with Crippen LogP contribution >= 0.6 is 34.5 Å². The fourth-order valence-corrected chi connectivity index (χ4v) is 4.17. The number of ether oxygens (including phenoxy) is 1. The molecule has 3 aromatic rings. The van der Waals surface area contributed by atoms with Crippen LogP contribution in [0.4, 0.5) is 0 Å². The molecule has 7 heteroatoms. The second kappa shape index (κ2) is 7.70. The highest BCUT2D eigenvalue weighted by molar-refractivity contribution is 7.16. The highest BCUT2D eigenvalue weighted by Gasteiger charge is 2.11. The van der Waals surface area contributed by atoms with Gasteiger partial charge in [-0.3, -0.25) is 4.79 Å². The third kappa shape index (κ3) is 4.12. The van der Waals surface area contributed by atoms with Gasteiger partial charge >= 0.3 is 0 Å². The third-order valence-electron chi connectivity index (χ3n) is 3.66. The second-order valence-electron chi connectivity index (χ2n) is 5.58. The number of benzene rings is 2. The standard InChI is InChI=1S/C18H16Cl2N2O2S/c1-11-3-4-15-16(7-11)25-18(22(15)5-6-24-2)21-17(23)12-8-13(19)10-14(20)9-12/h3-4,7-10H,5-6H2,1-2H3. The Labute approximate surface area is 159 Å². The monoisotopic (exact) mass is 394 g/mol. The van der Waals surface area contributed by atoms with Crippen LogP contribution in [0, 0.1) is 6.92 Å². The van der Waals surface area contributed by atoms with E-state index in [-0.39, 0.29) is 5.91 Å². The second-order valence-corrected chi connectivity index (χ2v) is 7.46. The van der Waals surface area contributed by atoms with Crippen LogP contribution in [-0.2, 0) is 11.3 Å². The molecule has 1 heterocycles. The van der Waals surface area contributed by atoms with Crippen LogP contribution in [0.5, 0.6) is 0 Å². The maximum absolute atomic E-state index is 12.6. The van der Waals surface area contributed by atoms with Crippen molar-refractivity contribution in [3.05, 3.63) is 62.4 Å². The van der Waals surface area contributed by atoms with Gasteiger partial charge < -0.3 is 9.30 Å². The maximum atomic E-state index is 12.6. The van der Waals surface area contributed by atoms with E-state index in [0.29, 0.717) is 33.6 Å². The number of nitrogens with zero attached hydrogens (tertiary/aromatic N) is 2. The van der Waals surface area contributed by atoms with Crippen LogP contribution in [0.2, 0.25) is 10.0 Å². The first-order chi connectivity index (χ1) is 12.0. The van der Waals surface area contributed by atoms with Gasteiger partial charge in [0.2, 0.25) is 0 Å². The minimum atomic E-state index is -0.376. The smallest absolute Gasteiger partial charge is 0.279 e. The number of thiazole rings is 1. The molecular formula is C18H16Cl2N2O2S. The number of aromatic nitrogens is 1. The average molecular weight is 395 g/mol. The predicted molar refractivity (Wildman–Crippen MR) is 103 cm³/mol. The van der Waals surface area contributed by atoms with Gasteiger partial charge in [0.05, 0.1) is 16.8 Å². The van der Waals surface area contributed by atoms with Crippen molar-refractivity contribution >= 4 is 50.7 Å². The van der Waals surface area contributed by atoms with E-state index in [0.717, 1.165) is 15.8 Å². The summed E-state index contributed by atoms with van der Waals surface area (Å²) in [6, 6.07) is 10.9. The quantitative estimate of drug-likeness (QED) is 0.643. The number of halogens is 2. The van der Waals surface area contributed by atoms with Crippen molar-refractivity contribution in [1.29, 1.82) is 0 Å². The van der Waals surface area contributed by atoms with Crippen molar-refractivity contribution in [2.45, 2.75) is 13.5 Å². The SMILES string of the molecule is COCCn1c(=NC(=O)c2cc(Cl)cc(Cl)c2)sc2cc(C)ccc21. The van der Waals surface area contributed by atoms with Crippen molar-refractivity contribution in [2.75, 3.05) is 13.7 Å². The van der Waals surface area contributed by atoms with Crippen molar-refractivity contribution < 1.29 is 9.53 Å². The highest BCUT2D eigenvalue weighted by Crippen LogP contribution is 2.21. The Hall–Kier alpha value is -1.66. The number of methoxy groups -OCH3 is 1. The topological polar surface area (TPSA) is 43.6 Å². The Morgan fingerprint density at radius 1 is 1.20 bits per heavy atom. The van der Waals surface area contributed by atoms with E-state index in [1.807, 2.05) is 23.6 Å². The molecule has 0 aliphatic heterocycles. The van der Waals surface area contributed by atoms with Crippen LogP contribution in [-0.4, -0.2) is 24.2 Å². The molecule has 0 unspecified atom stereocenters. The molecule has 0 fully saturated rings. The molecule has 3 rings (SSSR count). The largest absolute Gasteiger partial charge is 0.383 e. The summed E-state index contributed by atoms with van der Waals surface area (Å²) in [6.07, 6.45) is 0. The third-order valence-corrected chi connectivity index (χ3v) is 5.14. The minimum Gasteiger partial charge on any atom is -0.383 e. The fraction of sp³-hybridized carbons (Fsp3) is 0.222. The molecule has 0 saturated carbocycles. The molecule has 0 saturated heterocycles. The van der Waals surface area contributed by atoms with Gasteiger partial charge in [-0.15, -0.1) is 0 Å². The normalized spacial score (nSPS) is 12.1. The van der Waals surface area contributed by atoms with E-state index in [4.69, 9.17) is 27.9 Å². The fourth-order valence-electron chi connectivity index (χ4n) is 2.49. The molecule has 0 spiro atoms. The van der Waals surface area contributed by atoms with Gasteiger partial charge in [-0.25, -0.2) is 0 Å². The Morgan fingerprint density at radius 3 is 2.60 bits per heavy atom. The number of carbonyl (C=O) groups excluding carboxylic acids is 1. The van der Waals surface area contributed by atoms with Crippen molar-refractivity contribution in [1.82, 2.24) is 4.57 Å². The van der Waals surface area contributed by atoms with Crippen LogP contribution in [0.25, 0.3) is 10.2 Å². The Balaban J connectivity index is 2.12. The van der Waals surface area contributed by atoms with Crippen molar-refractivity contribution in [3.8, 4) is 0 Å². The number of aryl methyl sites for hydroxylation is 1. The summed E-state index contributed by atoms with van der Waals surface area (Å²) in [4.78, 5) is 17.5. The summed E-state index contributed by atoms with van der Waals surface area (Å²) < 4.78 is 8.25. The number of hydrogen-bond acceptors (Lipinski definition) is 3. The lowest BCUT2D eigenvalue weighted by molar-refractivity contribution is 0.0997. The Morgan fingerprint density at radius 2 is 1.92 bits per heavy atom. The molecule has 0 bridgehead atoms. The molecule has 0 aliphatic rings. The molecule has 0 N–H and O–H groups in total. The van der Waals surface area contributed by atoms with E-state index in [1.54, 1.807) is 25.3 Å². The maximum Gasteiger partial charge on any atom is 0.279 e. The van der Waals surface area contributed by atoms with E-state index >= 15 is 0 Å². The van der Waals surface area contributed by atoms with Gasteiger partial charge in [-0.05, 0) is 42.8 Å². The summed E-state index contributed by atoms with van der Waals surface area (Å²) in [5.41, 5.74) is 2.56. The zero-order valence-corrected chi connectivity index (χ0v) is 16.1. The molecular weight excluding hydrogens is 379 g/mol. The number of fused-ring (bicyclic) bond motifs is 1. The zero-order chi connectivity index (χ0) is 18.0. The summed E-state index contributed by atoms with van der Waals surface area (Å²) in [5, 5.41) is 0.815. The molecule has 0 radical (unpaired) electrons. The van der Waals surface area contributed by atoms with Crippen LogP contribution in [0.15, 0.2) is 41.4 Å². The van der Waals surface area contributed by atoms with Gasteiger partial charge in [0.1, 0.15) is 0 Å². The Bertz CT molecular complexity index is 988. The minimum absolute atomic E-state index is 0.365. The lowest BCUT2D eigenvalue weighted by Crippen LogP contribution is -2.19. The van der Waals surface area contributed by atoms with Crippen molar-refractivity contribution in [2.24, 2.45) is 4.99 Å². The van der Waals surface area contributed by atoms with Crippen LogP contribution in [0.3, 0.4) is 0 Å². The number of rotatable bonds is 4. The first-order valence-electron chi connectivity index (χ1n) is 7.62. The molecule has 130 valence electrons. The predicted octanol–water partition coefficient (Wildman–Crippen LogP) is 4.71. The molecule has 0 atom stereocenters. The average Bonchev–Trinajstić information content (AvgIpc) is 2.88. The van der Waals surface area contributed by atoms with Crippen LogP contribution in [0.1, 0.15) is 15.9 Å². The van der Waals surface area contributed by atoms with E-state index in [2.05, 4.69) is 11.1 Å². The lowest BCUT2D eigenvalue weighted by atomic mass is 10.2. The Kier molecular flexibility index (Phi) is 5.59. The molecule has 0 aliphatic carbocycles. The zero-order valence-electron chi connectivity index (χ0n) is 13.8. The molecule has 4 nitrogen and oxygen atoms in total. The van der Waals surface area contributed by atoms with E-state index in [9.17, 15) is 4.79 Å². The van der Waals surface area contributed by atoms with Crippen molar-refractivity contribution in [3.63, 3.8) is 0 Å². The summed E-state index contributed by atoms with van der Waals surface area (Å²) >= 11 is 13.4. The van der Waals surface area contributed by atoms with Gasteiger partial charge in [-0.1, -0.05) is 40.6 Å². The first-order valence-corrected chi connectivity index (χ1v) is 9.19. The van der Waals surface area contributed by atoms with Gasteiger partial charge in [0.25, 0.3) is 5.91 Å². The molecule has 1 aromatic heterocycles. The van der Waals surface area contributed by atoms with E-state index < -0.39 is 0 Å². The first kappa shape index (κ1) is 18.1. The van der Waals surface area contributed by atoms with Gasteiger partial charge in [0.15, 0.2) is 4.80 Å². The number of carbonyl (C=O) groups is 1. The number of amides is 1. The molecule has 2 aromatic carbocycles. The summed E-state index contributed by atoms with van der Waals surface area (Å²) in [7, 11) is 1.65. The van der Waals surface area contributed by atoms with Crippen LogP contribution < -0.4 is 4.80 Å². The number of hydrogen-bond donors (Lipinski definition) is 0.